The molecule has 1 aromatic heterocycles. The second kappa shape index (κ2) is 9.03. The molecule has 0 bridgehead atoms. The number of aromatic nitrogens is 1. The van der Waals surface area contributed by atoms with Crippen LogP contribution in [-0.2, 0) is 10.2 Å². The van der Waals surface area contributed by atoms with Crippen molar-refractivity contribution in [1.82, 2.24) is 5.16 Å². The lowest BCUT2D eigenvalue weighted by atomic mass is 9.74. The molecule has 0 saturated heterocycles. The van der Waals surface area contributed by atoms with Crippen LogP contribution in [0.3, 0.4) is 0 Å². The number of aryl methyl sites for hydroxylation is 1. The molecule has 3 aromatic rings. The molecule has 1 heterocycles. The van der Waals surface area contributed by atoms with E-state index >= 15 is 0 Å². The number of carbonyl (C=O) groups excluding carboxylic acids is 1. The van der Waals surface area contributed by atoms with E-state index in [0.717, 1.165) is 0 Å². The van der Waals surface area contributed by atoms with Crippen molar-refractivity contribution in [2.75, 3.05) is 12.4 Å². The van der Waals surface area contributed by atoms with Gasteiger partial charge in [-0.05, 0) is 58.1 Å². The molecule has 182 valence electrons. The number of nitrogens with zero attached hydrogens (tertiary/aromatic N) is 1. The molecule has 11 heteroatoms. The largest absolute Gasteiger partial charge is 0.496 e. The number of nitrogens with one attached hydrogen (secondary N) is 1. The summed E-state index contributed by atoms with van der Waals surface area (Å²) < 4.78 is 52.6. The first-order valence-corrected chi connectivity index (χ1v) is 10.8. The first kappa shape index (κ1) is 25.7. The highest BCUT2D eigenvalue weighted by atomic mass is 79.9. The summed E-state index contributed by atoms with van der Waals surface area (Å²) in [4.78, 5) is 24.7. The highest BCUT2D eigenvalue weighted by Crippen LogP contribution is 2.45. The van der Waals surface area contributed by atoms with Gasteiger partial charge < -0.3 is 19.7 Å². The van der Waals surface area contributed by atoms with Gasteiger partial charge in [0.05, 0.1) is 22.7 Å². The molecule has 34 heavy (non-hydrogen) atoms. The Morgan fingerprint density at radius 2 is 1.88 bits per heavy atom. The van der Waals surface area contributed by atoms with E-state index in [2.05, 4.69) is 30.9 Å². The maximum absolute atomic E-state index is 14.1. The maximum Gasteiger partial charge on any atom is 0.426 e. The summed E-state index contributed by atoms with van der Waals surface area (Å²) in [5, 5.41) is 16.9. The highest BCUT2D eigenvalue weighted by Gasteiger charge is 2.61. The van der Waals surface area contributed by atoms with E-state index in [4.69, 9.17) is 4.74 Å². The number of halogens is 4. The Morgan fingerprint density at radius 1 is 1.21 bits per heavy atom. The van der Waals surface area contributed by atoms with Gasteiger partial charge in [-0.15, -0.1) is 0 Å². The molecule has 2 N–H and O–H groups in total. The maximum atomic E-state index is 14.1. The van der Waals surface area contributed by atoms with Crippen molar-refractivity contribution in [2.24, 2.45) is 0 Å². The van der Waals surface area contributed by atoms with E-state index in [1.807, 2.05) is 0 Å². The van der Waals surface area contributed by atoms with Crippen molar-refractivity contribution in [3.63, 3.8) is 0 Å². The van der Waals surface area contributed by atoms with E-state index in [9.17, 15) is 27.9 Å². The van der Waals surface area contributed by atoms with Gasteiger partial charge in [-0.2, -0.15) is 13.2 Å². The van der Waals surface area contributed by atoms with Gasteiger partial charge in [0.15, 0.2) is 0 Å². The fourth-order valence-electron chi connectivity index (χ4n) is 3.78. The number of fused-ring (bicyclic) bond motifs is 1. The molecule has 3 rings (SSSR count). The third-order valence-electron chi connectivity index (χ3n) is 5.61. The number of hydrogen-bond donors (Lipinski definition) is 2. The first-order chi connectivity index (χ1) is 15.7. The Hall–Kier alpha value is -2.92. The second-order valence-electron chi connectivity index (χ2n) is 8.51. The van der Waals surface area contributed by atoms with Crippen LogP contribution in [0.25, 0.3) is 10.8 Å². The standard InChI is InChI=1S/C23H22BrF3N2O5/c1-12-15-10-13(8-9-14(15)19(30)34-29-12)28-20(31)22(32,23(25,26)27)11-21(2,3)16-6-5-7-17(33-4)18(16)24/h5-10,32H,11H2,1-4H3,(H,28,31). The van der Waals surface area contributed by atoms with Crippen LogP contribution in [0, 0.1) is 6.92 Å². The first-order valence-electron chi connectivity index (χ1n) is 10.0. The van der Waals surface area contributed by atoms with Crippen LogP contribution in [0.2, 0.25) is 0 Å². The molecular formula is C23H22BrF3N2O5. The van der Waals surface area contributed by atoms with Gasteiger partial charge in [0, 0.05) is 17.5 Å². The molecule has 0 spiro atoms. The van der Waals surface area contributed by atoms with Crippen molar-refractivity contribution in [2.45, 2.75) is 44.4 Å². The summed E-state index contributed by atoms with van der Waals surface area (Å²) in [6.07, 6.45) is -6.26. The predicted octanol–water partition coefficient (Wildman–Crippen LogP) is 4.87. The van der Waals surface area contributed by atoms with Gasteiger partial charge in [-0.3, -0.25) is 4.79 Å². The smallest absolute Gasteiger partial charge is 0.426 e. The summed E-state index contributed by atoms with van der Waals surface area (Å²) in [7, 11) is 1.42. The predicted molar refractivity (Wildman–Crippen MR) is 123 cm³/mol. The third-order valence-corrected chi connectivity index (χ3v) is 6.43. The van der Waals surface area contributed by atoms with Crippen LogP contribution in [0.5, 0.6) is 5.75 Å². The number of alkyl halides is 3. The number of hydrogen-bond acceptors (Lipinski definition) is 6. The topological polar surface area (TPSA) is 102 Å². The molecule has 0 fully saturated rings. The molecule has 0 aliphatic carbocycles. The number of amides is 1. The number of ether oxygens (including phenoxy) is 1. The molecular weight excluding hydrogens is 521 g/mol. The summed E-state index contributed by atoms with van der Waals surface area (Å²) in [5.74, 6) is -1.25. The van der Waals surface area contributed by atoms with Crippen LogP contribution in [0.4, 0.5) is 18.9 Å². The van der Waals surface area contributed by atoms with Crippen molar-refractivity contribution in [3.8, 4) is 5.75 Å². The average Bonchev–Trinajstić information content (AvgIpc) is 2.75. The zero-order chi connectivity index (χ0) is 25.5. The van der Waals surface area contributed by atoms with Crippen molar-refractivity contribution >= 4 is 38.3 Å². The molecule has 0 aliphatic heterocycles. The summed E-state index contributed by atoms with van der Waals surface area (Å²) in [5.41, 5.74) is -5.08. The van der Waals surface area contributed by atoms with Gasteiger partial charge in [0.25, 0.3) is 5.91 Å². The molecule has 1 unspecified atom stereocenters. The molecule has 1 amide bonds. The Kier molecular flexibility index (Phi) is 6.82. The Balaban J connectivity index is 1.99. The lowest BCUT2D eigenvalue weighted by Crippen LogP contribution is -2.57. The second-order valence-corrected chi connectivity index (χ2v) is 9.30. The lowest BCUT2D eigenvalue weighted by molar-refractivity contribution is -0.254. The zero-order valence-corrected chi connectivity index (χ0v) is 20.3. The van der Waals surface area contributed by atoms with E-state index in [1.165, 1.54) is 46.1 Å². The van der Waals surface area contributed by atoms with Crippen LogP contribution in [0.15, 0.2) is 50.2 Å². The fourth-order valence-corrected chi connectivity index (χ4v) is 4.74. The van der Waals surface area contributed by atoms with Gasteiger partial charge in [0.2, 0.25) is 5.60 Å². The third kappa shape index (κ3) is 4.67. The summed E-state index contributed by atoms with van der Waals surface area (Å²) in [6.45, 7) is 4.51. The van der Waals surface area contributed by atoms with Gasteiger partial charge in [-0.25, -0.2) is 4.79 Å². The van der Waals surface area contributed by atoms with Gasteiger partial charge >= 0.3 is 11.8 Å². The number of carbonyl (C=O) groups is 1. The minimum Gasteiger partial charge on any atom is -0.496 e. The Labute approximate surface area is 201 Å². The highest BCUT2D eigenvalue weighted by molar-refractivity contribution is 9.10. The minimum absolute atomic E-state index is 0.0453. The molecule has 7 nitrogen and oxygen atoms in total. The van der Waals surface area contributed by atoms with Gasteiger partial charge in [-0.1, -0.05) is 31.1 Å². The van der Waals surface area contributed by atoms with E-state index in [-0.39, 0.29) is 11.1 Å². The molecule has 0 aliphatic rings. The lowest BCUT2D eigenvalue weighted by Gasteiger charge is -2.37. The molecule has 2 aromatic carbocycles. The van der Waals surface area contributed by atoms with E-state index in [0.29, 0.717) is 26.9 Å². The monoisotopic (exact) mass is 542 g/mol. The molecule has 1 atom stereocenters. The number of aliphatic hydroxyl groups is 1. The number of benzene rings is 2. The van der Waals surface area contributed by atoms with Crippen LogP contribution >= 0.6 is 15.9 Å². The molecule has 0 radical (unpaired) electrons. The summed E-state index contributed by atoms with van der Waals surface area (Å²) >= 11 is 3.33. The number of anilines is 1. The normalized spacial score (nSPS) is 14.0. The van der Waals surface area contributed by atoms with Crippen molar-refractivity contribution < 1.29 is 32.3 Å². The Morgan fingerprint density at radius 3 is 2.50 bits per heavy atom. The number of rotatable bonds is 6. The van der Waals surface area contributed by atoms with E-state index < -0.39 is 35.1 Å². The quantitative estimate of drug-likeness (QED) is 0.461. The minimum atomic E-state index is -5.28. The Bertz CT molecular complexity index is 1310. The SMILES string of the molecule is COc1cccc(C(C)(C)CC(O)(C(=O)Nc2ccc3c(=O)onc(C)c3c2)C(F)(F)F)c1Br. The van der Waals surface area contributed by atoms with Crippen molar-refractivity contribution in [1.29, 1.82) is 0 Å². The van der Waals surface area contributed by atoms with Crippen LogP contribution in [0.1, 0.15) is 31.5 Å². The fraction of sp³-hybridized carbons (Fsp3) is 0.348. The zero-order valence-electron chi connectivity index (χ0n) is 18.7. The van der Waals surface area contributed by atoms with E-state index in [1.54, 1.807) is 18.2 Å². The molecule has 0 saturated carbocycles. The average molecular weight is 543 g/mol. The van der Waals surface area contributed by atoms with Crippen molar-refractivity contribution in [3.05, 3.63) is 62.5 Å². The van der Waals surface area contributed by atoms with Crippen LogP contribution < -0.4 is 15.7 Å². The summed E-state index contributed by atoms with van der Waals surface area (Å²) in [6, 6.07) is 8.67. The van der Waals surface area contributed by atoms with Crippen LogP contribution in [-0.4, -0.2) is 35.1 Å². The number of methoxy groups -OCH3 is 1. The van der Waals surface area contributed by atoms with Gasteiger partial charge in [0.1, 0.15) is 5.75 Å².